The van der Waals surface area contributed by atoms with Crippen LogP contribution in [0.4, 0.5) is 9.18 Å². The van der Waals surface area contributed by atoms with E-state index in [0.717, 1.165) is 0 Å². The van der Waals surface area contributed by atoms with Crippen LogP contribution in [0.15, 0.2) is 0 Å². The standard InChI is InChI=1S/C10H19FN2O3/c1-7(9(14)15)6-13(3)10(16)12-5-4-8(2)11/h7-8H,4-6H2,1-3H3,(H,12,16)(H,14,15). The summed E-state index contributed by atoms with van der Waals surface area (Å²) in [5.74, 6) is -1.56. The molecule has 0 aromatic rings. The molecule has 0 fully saturated rings. The molecule has 0 saturated carbocycles. The molecule has 2 N–H and O–H groups in total. The van der Waals surface area contributed by atoms with E-state index in [-0.39, 0.29) is 25.5 Å². The van der Waals surface area contributed by atoms with Crippen LogP contribution in [0.5, 0.6) is 0 Å². The van der Waals surface area contributed by atoms with Crippen LogP contribution in [-0.4, -0.2) is 48.3 Å². The first-order valence-electron chi connectivity index (χ1n) is 5.20. The molecule has 0 aromatic carbocycles. The molecule has 6 heteroatoms. The third kappa shape index (κ3) is 6.21. The molecule has 0 radical (unpaired) electrons. The van der Waals surface area contributed by atoms with Crippen molar-refractivity contribution < 1.29 is 19.1 Å². The number of carboxylic acids is 1. The summed E-state index contributed by atoms with van der Waals surface area (Å²) in [5.41, 5.74) is 0. The largest absolute Gasteiger partial charge is 0.481 e. The molecule has 0 spiro atoms. The molecule has 16 heavy (non-hydrogen) atoms. The Hall–Kier alpha value is -1.33. The second-order valence-corrected chi connectivity index (χ2v) is 3.92. The first-order valence-corrected chi connectivity index (χ1v) is 5.20. The summed E-state index contributed by atoms with van der Waals surface area (Å²) >= 11 is 0. The van der Waals surface area contributed by atoms with Gasteiger partial charge in [0.05, 0.1) is 12.1 Å². The monoisotopic (exact) mass is 234 g/mol. The molecule has 2 unspecified atom stereocenters. The van der Waals surface area contributed by atoms with Gasteiger partial charge in [-0.05, 0) is 13.3 Å². The van der Waals surface area contributed by atoms with Gasteiger partial charge in [0.2, 0.25) is 0 Å². The van der Waals surface area contributed by atoms with E-state index in [1.165, 1.54) is 25.8 Å². The SMILES string of the molecule is CC(F)CCNC(=O)N(C)CC(C)C(=O)O. The van der Waals surface area contributed by atoms with E-state index >= 15 is 0 Å². The minimum atomic E-state index is -0.955. The second-order valence-electron chi connectivity index (χ2n) is 3.92. The number of rotatable bonds is 6. The Morgan fingerprint density at radius 1 is 1.44 bits per heavy atom. The number of carbonyl (C=O) groups excluding carboxylic acids is 1. The van der Waals surface area contributed by atoms with Gasteiger partial charge in [-0.25, -0.2) is 9.18 Å². The molecule has 0 aliphatic carbocycles. The van der Waals surface area contributed by atoms with Crippen molar-refractivity contribution >= 4 is 12.0 Å². The van der Waals surface area contributed by atoms with Gasteiger partial charge in [-0.2, -0.15) is 0 Å². The smallest absolute Gasteiger partial charge is 0.317 e. The second kappa shape index (κ2) is 7.03. The molecule has 0 aromatic heterocycles. The van der Waals surface area contributed by atoms with E-state index in [2.05, 4.69) is 5.32 Å². The predicted octanol–water partition coefficient (Wildman–Crippen LogP) is 1.10. The lowest BCUT2D eigenvalue weighted by atomic mass is 10.2. The maximum absolute atomic E-state index is 12.4. The topological polar surface area (TPSA) is 69.6 Å². The van der Waals surface area contributed by atoms with Crippen molar-refractivity contribution in [1.29, 1.82) is 0 Å². The lowest BCUT2D eigenvalue weighted by Gasteiger charge is -2.20. The van der Waals surface area contributed by atoms with Crippen molar-refractivity contribution in [3.05, 3.63) is 0 Å². The number of alkyl halides is 1. The maximum atomic E-state index is 12.4. The Labute approximate surface area is 94.6 Å². The number of amides is 2. The molecule has 0 aliphatic rings. The molecular weight excluding hydrogens is 215 g/mol. The average Bonchev–Trinajstić information content (AvgIpc) is 2.16. The normalized spacial score (nSPS) is 14.0. The average molecular weight is 234 g/mol. The fourth-order valence-electron chi connectivity index (χ4n) is 1.08. The molecule has 0 aliphatic heterocycles. The van der Waals surface area contributed by atoms with Crippen molar-refractivity contribution in [2.45, 2.75) is 26.4 Å². The molecule has 0 heterocycles. The number of halogens is 1. The zero-order valence-electron chi connectivity index (χ0n) is 9.86. The summed E-state index contributed by atoms with van der Waals surface area (Å²) in [4.78, 5) is 23.2. The van der Waals surface area contributed by atoms with Gasteiger partial charge in [0.15, 0.2) is 0 Å². The highest BCUT2D eigenvalue weighted by atomic mass is 19.1. The molecule has 2 atom stereocenters. The lowest BCUT2D eigenvalue weighted by Crippen LogP contribution is -2.41. The summed E-state index contributed by atoms with van der Waals surface area (Å²) < 4.78 is 12.4. The molecule has 2 amide bonds. The Morgan fingerprint density at radius 2 is 2.00 bits per heavy atom. The Morgan fingerprint density at radius 3 is 2.44 bits per heavy atom. The lowest BCUT2D eigenvalue weighted by molar-refractivity contribution is -0.141. The first kappa shape index (κ1) is 14.7. The number of urea groups is 1. The molecule has 0 bridgehead atoms. The summed E-state index contributed by atoms with van der Waals surface area (Å²) in [6, 6.07) is -0.381. The van der Waals surface area contributed by atoms with Crippen LogP contribution in [0.25, 0.3) is 0 Å². The van der Waals surface area contributed by atoms with E-state index in [9.17, 15) is 14.0 Å². The number of aliphatic carboxylic acids is 1. The molecule has 94 valence electrons. The van der Waals surface area contributed by atoms with Crippen molar-refractivity contribution in [2.75, 3.05) is 20.1 Å². The Kier molecular flexibility index (Phi) is 6.44. The third-order valence-corrected chi connectivity index (χ3v) is 2.13. The summed E-state index contributed by atoms with van der Waals surface area (Å²) in [6.45, 7) is 3.33. The van der Waals surface area contributed by atoms with E-state index in [0.29, 0.717) is 0 Å². The number of carbonyl (C=O) groups is 2. The van der Waals surface area contributed by atoms with Crippen molar-refractivity contribution in [1.82, 2.24) is 10.2 Å². The highest BCUT2D eigenvalue weighted by molar-refractivity contribution is 5.75. The van der Waals surface area contributed by atoms with Gasteiger partial charge in [0.1, 0.15) is 0 Å². The van der Waals surface area contributed by atoms with Crippen LogP contribution >= 0.6 is 0 Å². The van der Waals surface area contributed by atoms with Crippen molar-refractivity contribution in [3.8, 4) is 0 Å². The van der Waals surface area contributed by atoms with Crippen LogP contribution in [-0.2, 0) is 4.79 Å². The van der Waals surface area contributed by atoms with Crippen LogP contribution in [0.3, 0.4) is 0 Å². The number of nitrogens with zero attached hydrogens (tertiary/aromatic N) is 1. The third-order valence-electron chi connectivity index (χ3n) is 2.13. The summed E-state index contributed by atoms with van der Waals surface area (Å²) in [6.07, 6.45) is -0.697. The van der Waals surface area contributed by atoms with E-state index in [4.69, 9.17) is 5.11 Å². The first-order chi connectivity index (χ1) is 7.34. The van der Waals surface area contributed by atoms with Crippen LogP contribution in [0.2, 0.25) is 0 Å². The Bertz CT molecular complexity index is 246. The fourth-order valence-corrected chi connectivity index (χ4v) is 1.08. The van der Waals surface area contributed by atoms with E-state index < -0.39 is 18.1 Å². The van der Waals surface area contributed by atoms with Crippen molar-refractivity contribution in [3.63, 3.8) is 0 Å². The number of hydrogen-bond acceptors (Lipinski definition) is 2. The van der Waals surface area contributed by atoms with Gasteiger partial charge in [-0.3, -0.25) is 4.79 Å². The van der Waals surface area contributed by atoms with Gasteiger partial charge in [0.25, 0.3) is 0 Å². The fraction of sp³-hybridized carbons (Fsp3) is 0.800. The van der Waals surface area contributed by atoms with Gasteiger partial charge in [-0.15, -0.1) is 0 Å². The number of hydrogen-bond donors (Lipinski definition) is 2. The van der Waals surface area contributed by atoms with Gasteiger partial charge in [0, 0.05) is 20.1 Å². The van der Waals surface area contributed by atoms with E-state index in [1.54, 1.807) is 0 Å². The zero-order chi connectivity index (χ0) is 12.7. The number of carboxylic acid groups (broad SMARTS) is 1. The maximum Gasteiger partial charge on any atom is 0.317 e. The molecule has 0 rings (SSSR count). The van der Waals surface area contributed by atoms with E-state index in [1.807, 2.05) is 0 Å². The summed E-state index contributed by atoms with van der Waals surface area (Å²) in [7, 11) is 1.51. The minimum Gasteiger partial charge on any atom is -0.481 e. The quantitative estimate of drug-likeness (QED) is 0.723. The van der Waals surface area contributed by atoms with Gasteiger partial charge in [-0.1, -0.05) is 6.92 Å². The van der Waals surface area contributed by atoms with Crippen molar-refractivity contribution in [2.24, 2.45) is 5.92 Å². The van der Waals surface area contributed by atoms with Crippen LogP contribution < -0.4 is 5.32 Å². The van der Waals surface area contributed by atoms with Crippen LogP contribution in [0.1, 0.15) is 20.3 Å². The number of nitrogens with one attached hydrogen (secondary N) is 1. The Balaban J connectivity index is 3.86. The minimum absolute atomic E-state index is 0.131. The predicted molar refractivity (Wildman–Crippen MR) is 58.0 cm³/mol. The molecule has 0 saturated heterocycles. The summed E-state index contributed by atoms with van der Waals surface area (Å²) in [5, 5.41) is 11.2. The van der Waals surface area contributed by atoms with Gasteiger partial charge >= 0.3 is 12.0 Å². The van der Waals surface area contributed by atoms with Crippen LogP contribution in [0, 0.1) is 5.92 Å². The highest BCUT2D eigenvalue weighted by Crippen LogP contribution is 1.99. The molecular formula is C10H19FN2O3. The highest BCUT2D eigenvalue weighted by Gasteiger charge is 2.16. The zero-order valence-corrected chi connectivity index (χ0v) is 9.86. The van der Waals surface area contributed by atoms with Gasteiger partial charge < -0.3 is 15.3 Å². The molecule has 5 nitrogen and oxygen atoms in total.